The average Bonchev–Trinajstić information content (AvgIpc) is 2.57. The quantitative estimate of drug-likeness (QED) is 0.346. The first kappa shape index (κ1) is 18.9. The van der Waals surface area contributed by atoms with Crippen molar-refractivity contribution in [2.75, 3.05) is 5.32 Å². The van der Waals surface area contributed by atoms with Crippen LogP contribution in [-0.4, -0.2) is 15.9 Å². The van der Waals surface area contributed by atoms with Gasteiger partial charge in [-0.3, -0.25) is 20.2 Å². The summed E-state index contributed by atoms with van der Waals surface area (Å²) in [4.78, 5) is 21.9. The van der Waals surface area contributed by atoms with Crippen molar-refractivity contribution in [3.05, 3.63) is 74.3 Å². The van der Waals surface area contributed by atoms with E-state index in [1.807, 2.05) is 0 Å². The lowest BCUT2D eigenvalue weighted by atomic mass is 10.2. The maximum absolute atomic E-state index is 11.9. The Labute approximate surface area is 158 Å². The molecule has 0 saturated carbocycles. The molecule has 0 heterocycles. The highest BCUT2D eigenvalue weighted by Crippen LogP contribution is 2.29. The number of nitrogens with one attached hydrogen (secondary N) is 2. The highest BCUT2D eigenvalue weighted by atomic mass is 35.5. The van der Waals surface area contributed by atoms with Crippen molar-refractivity contribution in [3.63, 3.8) is 0 Å². The van der Waals surface area contributed by atoms with Crippen LogP contribution in [0.25, 0.3) is 6.08 Å². The fourth-order valence-corrected chi connectivity index (χ4v) is 2.34. The average molecular weight is 396 g/mol. The standard InChI is InChI=1S/C16H11Cl2N3O3S/c17-12-2-1-3-13(15(12)18)19-16(25)20-14(22)9-6-10-4-7-11(8-5-10)21(23)24/h1-9H,(H2,19,20,22,25)/b9-6+. The molecule has 0 unspecified atom stereocenters. The predicted molar refractivity (Wildman–Crippen MR) is 103 cm³/mol. The van der Waals surface area contributed by atoms with Gasteiger partial charge in [0.1, 0.15) is 0 Å². The summed E-state index contributed by atoms with van der Waals surface area (Å²) in [6.07, 6.45) is 2.77. The molecule has 0 radical (unpaired) electrons. The maximum Gasteiger partial charge on any atom is 0.269 e. The van der Waals surface area contributed by atoms with Crippen molar-refractivity contribution in [2.45, 2.75) is 0 Å². The molecule has 0 bridgehead atoms. The number of nitro groups is 1. The first-order valence-electron chi connectivity index (χ1n) is 6.85. The van der Waals surface area contributed by atoms with Gasteiger partial charge in [0.2, 0.25) is 5.91 Å². The number of hydrogen-bond acceptors (Lipinski definition) is 4. The maximum atomic E-state index is 11.9. The van der Waals surface area contributed by atoms with Crippen LogP contribution in [0.1, 0.15) is 5.56 Å². The lowest BCUT2D eigenvalue weighted by molar-refractivity contribution is -0.384. The summed E-state index contributed by atoms with van der Waals surface area (Å²) < 4.78 is 0. The fraction of sp³-hybridized carbons (Fsp3) is 0. The van der Waals surface area contributed by atoms with E-state index >= 15 is 0 Å². The van der Waals surface area contributed by atoms with Crippen molar-refractivity contribution in [1.29, 1.82) is 0 Å². The molecular formula is C16H11Cl2N3O3S. The smallest absolute Gasteiger partial charge is 0.269 e. The van der Waals surface area contributed by atoms with Crippen molar-refractivity contribution in [1.82, 2.24) is 5.32 Å². The second-order valence-electron chi connectivity index (χ2n) is 4.73. The number of carbonyl (C=O) groups excluding carboxylic acids is 1. The van der Waals surface area contributed by atoms with Crippen LogP contribution in [0.5, 0.6) is 0 Å². The topological polar surface area (TPSA) is 84.3 Å². The van der Waals surface area contributed by atoms with E-state index in [0.29, 0.717) is 21.3 Å². The zero-order chi connectivity index (χ0) is 18.4. The molecule has 2 rings (SSSR count). The SMILES string of the molecule is O=C(/C=C/c1ccc([N+](=O)[O-])cc1)NC(=S)Nc1cccc(Cl)c1Cl. The van der Waals surface area contributed by atoms with E-state index in [9.17, 15) is 14.9 Å². The third-order valence-electron chi connectivity index (χ3n) is 2.97. The Morgan fingerprint density at radius 3 is 2.48 bits per heavy atom. The van der Waals surface area contributed by atoms with E-state index in [4.69, 9.17) is 35.4 Å². The van der Waals surface area contributed by atoms with Gasteiger partial charge in [0.05, 0.1) is 20.7 Å². The van der Waals surface area contributed by atoms with Crippen LogP contribution in [-0.2, 0) is 4.79 Å². The first-order chi connectivity index (χ1) is 11.9. The molecule has 0 aromatic heterocycles. The summed E-state index contributed by atoms with van der Waals surface area (Å²) in [5.41, 5.74) is 1.08. The van der Waals surface area contributed by atoms with Crippen LogP contribution in [0.15, 0.2) is 48.5 Å². The van der Waals surface area contributed by atoms with Crippen LogP contribution in [0.2, 0.25) is 10.0 Å². The zero-order valence-electron chi connectivity index (χ0n) is 12.5. The molecule has 0 aliphatic carbocycles. The number of thiocarbonyl (C=S) groups is 1. The molecule has 25 heavy (non-hydrogen) atoms. The number of anilines is 1. The van der Waals surface area contributed by atoms with Gasteiger partial charge < -0.3 is 5.32 Å². The van der Waals surface area contributed by atoms with E-state index in [0.717, 1.165) is 0 Å². The van der Waals surface area contributed by atoms with Crippen LogP contribution in [0, 0.1) is 10.1 Å². The molecule has 0 atom stereocenters. The van der Waals surface area contributed by atoms with Crippen molar-refractivity contribution in [3.8, 4) is 0 Å². The zero-order valence-corrected chi connectivity index (χ0v) is 14.9. The molecule has 0 saturated heterocycles. The number of nitrogens with zero attached hydrogens (tertiary/aromatic N) is 1. The summed E-state index contributed by atoms with van der Waals surface area (Å²) in [5, 5.41) is 16.5. The number of nitro benzene ring substituents is 1. The first-order valence-corrected chi connectivity index (χ1v) is 8.02. The summed E-state index contributed by atoms with van der Waals surface area (Å²) in [5.74, 6) is -0.464. The number of hydrogen-bond donors (Lipinski definition) is 2. The van der Waals surface area contributed by atoms with Gasteiger partial charge in [-0.05, 0) is 48.1 Å². The van der Waals surface area contributed by atoms with E-state index < -0.39 is 10.8 Å². The monoisotopic (exact) mass is 395 g/mol. The third kappa shape index (κ3) is 5.53. The summed E-state index contributed by atoms with van der Waals surface area (Å²) in [6, 6.07) is 10.8. The highest BCUT2D eigenvalue weighted by Gasteiger charge is 2.07. The predicted octanol–water partition coefficient (Wildman–Crippen LogP) is 4.43. The molecule has 0 aliphatic rings. The van der Waals surface area contributed by atoms with Gasteiger partial charge in [-0.1, -0.05) is 29.3 Å². The molecule has 2 aromatic carbocycles. The van der Waals surface area contributed by atoms with Gasteiger partial charge in [-0.2, -0.15) is 0 Å². The minimum absolute atomic E-state index is 0.0228. The molecule has 1 amide bonds. The normalized spacial score (nSPS) is 10.5. The minimum Gasteiger partial charge on any atom is -0.331 e. The van der Waals surface area contributed by atoms with Crippen LogP contribution >= 0.6 is 35.4 Å². The highest BCUT2D eigenvalue weighted by molar-refractivity contribution is 7.80. The molecule has 6 nitrogen and oxygen atoms in total. The third-order valence-corrected chi connectivity index (χ3v) is 3.99. The lowest BCUT2D eigenvalue weighted by Crippen LogP contribution is -2.32. The second kappa shape index (κ2) is 8.57. The van der Waals surface area contributed by atoms with Crippen LogP contribution in [0.4, 0.5) is 11.4 Å². The van der Waals surface area contributed by atoms with Crippen molar-refractivity contribution in [2.24, 2.45) is 0 Å². The number of benzene rings is 2. The number of rotatable bonds is 4. The second-order valence-corrected chi connectivity index (χ2v) is 5.92. The Morgan fingerprint density at radius 1 is 1.16 bits per heavy atom. The molecule has 128 valence electrons. The molecular weight excluding hydrogens is 385 g/mol. The number of carbonyl (C=O) groups is 1. The summed E-state index contributed by atoms with van der Waals surface area (Å²) >= 11 is 17.0. The van der Waals surface area contributed by atoms with E-state index in [-0.39, 0.29) is 10.8 Å². The van der Waals surface area contributed by atoms with Crippen LogP contribution < -0.4 is 10.6 Å². The van der Waals surface area contributed by atoms with Crippen LogP contribution in [0.3, 0.4) is 0 Å². The van der Waals surface area contributed by atoms with Gasteiger partial charge in [-0.15, -0.1) is 0 Å². The fourth-order valence-electron chi connectivity index (χ4n) is 1.79. The van der Waals surface area contributed by atoms with Crippen molar-refractivity contribution >= 4 is 63.9 Å². The van der Waals surface area contributed by atoms with E-state index in [2.05, 4.69) is 10.6 Å². The van der Waals surface area contributed by atoms with E-state index in [1.165, 1.54) is 36.4 Å². The molecule has 0 aliphatic heterocycles. The lowest BCUT2D eigenvalue weighted by Gasteiger charge is -2.10. The molecule has 2 N–H and O–H groups in total. The summed E-state index contributed by atoms with van der Waals surface area (Å²) in [7, 11) is 0. The van der Waals surface area contributed by atoms with Gasteiger partial charge in [0, 0.05) is 18.2 Å². The Kier molecular flexibility index (Phi) is 6.46. The van der Waals surface area contributed by atoms with Gasteiger partial charge in [-0.25, -0.2) is 0 Å². The Balaban J connectivity index is 1.93. The number of non-ortho nitro benzene ring substituents is 1. The van der Waals surface area contributed by atoms with Crippen molar-refractivity contribution < 1.29 is 9.72 Å². The van der Waals surface area contributed by atoms with E-state index in [1.54, 1.807) is 18.2 Å². The Hall–Kier alpha value is -2.48. The number of amides is 1. The molecule has 0 fully saturated rings. The largest absolute Gasteiger partial charge is 0.331 e. The minimum atomic E-state index is -0.495. The van der Waals surface area contributed by atoms with Gasteiger partial charge >= 0.3 is 0 Å². The molecule has 2 aromatic rings. The summed E-state index contributed by atoms with van der Waals surface area (Å²) in [6.45, 7) is 0. The van der Waals surface area contributed by atoms with Gasteiger partial charge in [0.15, 0.2) is 5.11 Å². The van der Waals surface area contributed by atoms with Gasteiger partial charge in [0.25, 0.3) is 5.69 Å². The number of halogens is 2. The molecule has 9 heteroatoms. The molecule has 0 spiro atoms. The Bertz CT molecular complexity index is 854. The Morgan fingerprint density at radius 2 is 1.84 bits per heavy atom.